The summed E-state index contributed by atoms with van der Waals surface area (Å²) in [4.78, 5) is 27.5. The molecule has 3 aromatic rings. The lowest BCUT2D eigenvalue weighted by molar-refractivity contribution is 0.567. The highest BCUT2D eigenvalue weighted by Crippen LogP contribution is 2.44. The highest BCUT2D eigenvalue weighted by atomic mass is 35.5. The number of aromatic nitrogens is 2. The lowest BCUT2D eigenvalue weighted by Gasteiger charge is -2.31. The van der Waals surface area contributed by atoms with Gasteiger partial charge in [0.2, 0.25) is 5.43 Å². The number of H-pyrrole nitrogens is 1. The fourth-order valence-corrected chi connectivity index (χ4v) is 5.09. The molecule has 2 fully saturated rings. The molecular weight excluding hydrogens is 379 g/mol. The van der Waals surface area contributed by atoms with Crippen LogP contribution >= 0.6 is 23.1 Å². The number of nitrogens with one attached hydrogen (secondary N) is 2. The second-order valence-electron chi connectivity index (χ2n) is 6.80. The van der Waals surface area contributed by atoms with Crippen molar-refractivity contribution in [1.82, 2.24) is 14.3 Å². The van der Waals surface area contributed by atoms with E-state index < -0.39 is 16.8 Å². The Balaban J connectivity index is 1.92. The van der Waals surface area contributed by atoms with Crippen molar-refractivity contribution in [1.29, 1.82) is 0 Å². The normalized spacial score (nSPS) is 18.2. The van der Waals surface area contributed by atoms with Gasteiger partial charge in [-0.3, -0.25) is 14.0 Å². The number of nitrogens with zero attached hydrogens (tertiary/aromatic N) is 2. The van der Waals surface area contributed by atoms with E-state index >= 15 is 0 Å². The number of aromatic amines is 1. The number of rotatable bonds is 2. The summed E-state index contributed by atoms with van der Waals surface area (Å²) < 4.78 is 19.5. The Bertz CT molecular complexity index is 1160. The average molecular weight is 395 g/mol. The molecule has 0 bridgehead atoms. The first-order chi connectivity index (χ1) is 12.6. The summed E-state index contributed by atoms with van der Waals surface area (Å²) in [6, 6.07) is 1.43. The van der Waals surface area contributed by atoms with Crippen LogP contribution in [0.5, 0.6) is 0 Å². The van der Waals surface area contributed by atoms with Crippen LogP contribution in [0.4, 0.5) is 10.1 Å². The van der Waals surface area contributed by atoms with Crippen LogP contribution in [0.3, 0.4) is 0 Å². The molecular formula is C17H16ClFN4O2S. The highest BCUT2D eigenvalue weighted by molar-refractivity contribution is 7.12. The lowest BCUT2D eigenvalue weighted by Crippen LogP contribution is -2.44. The van der Waals surface area contributed by atoms with E-state index in [-0.39, 0.29) is 21.8 Å². The molecule has 6 nitrogen and oxygen atoms in total. The van der Waals surface area contributed by atoms with E-state index in [1.165, 1.54) is 6.07 Å². The van der Waals surface area contributed by atoms with E-state index in [0.717, 1.165) is 37.5 Å². The fourth-order valence-electron chi connectivity index (χ4n) is 3.77. The second-order valence-corrected chi connectivity index (χ2v) is 7.97. The van der Waals surface area contributed by atoms with E-state index in [0.29, 0.717) is 29.1 Å². The van der Waals surface area contributed by atoms with E-state index in [1.54, 1.807) is 0 Å². The van der Waals surface area contributed by atoms with Crippen LogP contribution in [0.1, 0.15) is 18.9 Å². The standard InChI is InChI=1S/C17H16ClFN4O2S/c18-12-13-9(7-10(19)14(12)22-5-3-20-4-6-22)15(24)11-16(25)21-26-17(11)23(13)8-1-2-8/h7-8,20H,1-6H2,(H,21,25). The van der Waals surface area contributed by atoms with E-state index in [4.69, 9.17) is 11.6 Å². The van der Waals surface area contributed by atoms with E-state index in [2.05, 4.69) is 9.69 Å². The van der Waals surface area contributed by atoms with Gasteiger partial charge in [-0.15, -0.1) is 0 Å². The predicted molar refractivity (Wildman–Crippen MR) is 103 cm³/mol. The minimum atomic E-state index is -0.519. The summed E-state index contributed by atoms with van der Waals surface area (Å²) in [5.74, 6) is -0.519. The number of piperazine rings is 1. The SMILES string of the molecule is O=c1[nH]sc2c1c(=O)c1cc(F)c(N3CCNCC3)c(Cl)c1n2C1CC1. The van der Waals surface area contributed by atoms with Crippen molar-refractivity contribution in [3.05, 3.63) is 37.5 Å². The van der Waals surface area contributed by atoms with Gasteiger partial charge in [-0.05, 0) is 30.4 Å². The fraction of sp³-hybridized carbons (Fsp3) is 0.412. The Hall–Kier alpha value is -1.90. The first kappa shape index (κ1) is 16.3. The van der Waals surface area contributed by atoms with Crippen molar-refractivity contribution in [2.45, 2.75) is 18.9 Å². The van der Waals surface area contributed by atoms with E-state index in [1.807, 2.05) is 9.47 Å². The third-order valence-electron chi connectivity index (χ3n) is 5.13. The van der Waals surface area contributed by atoms with Crippen LogP contribution < -0.4 is 21.2 Å². The largest absolute Gasteiger partial charge is 0.365 e. The maximum absolute atomic E-state index is 14.9. The van der Waals surface area contributed by atoms with Crippen molar-refractivity contribution in [3.63, 3.8) is 0 Å². The molecule has 2 aliphatic rings. The van der Waals surface area contributed by atoms with Crippen LogP contribution in [0, 0.1) is 5.82 Å². The molecule has 1 saturated carbocycles. The molecule has 0 unspecified atom stereocenters. The second kappa shape index (κ2) is 5.80. The molecule has 1 aliphatic heterocycles. The van der Waals surface area contributed by atoms with Gasteiger partial charge in [-0.1, -0.05) is 11.6 Å². The smallest absolute Gasteiger partial charge is 0.271 e. The first-order valence-electron chi connectivity index (χ1n) is 8.61. The molecule has 136 valence electrons. The molecule has 2 N–H and O–H groups in total. The summed E-state index contributed by atoms with van der Waals surface area (Å²) in [5.41, 5.74) is 0.00428. The van der Waals surface area contributed by atoms with Crippen LogP contribution in [0.2, 0.25) is 5.02 Å². The molecule has 0 spiro atoms. The number of benzene rings is 1. The molecule has 3 heterocycles. The summed E-state index contributed by atoms with van der Waals surface area (Å²) >= 11 is 7.83. The Labute approximate surface area is 156 Å². The first-order valence-corrected chi connectivity index (χ1v) is 9.80. The predicted octanol–water partition coefficient (Wildman–Crippen LogP) is 2.44. The molecule has 1 saturated heterocycles. The number of anilines is 1. The van der Waals surface area contributed by atoms with Crippen molar-refractivity contribution >= 4 is 49.9 Å². The third kappa shape index (κ3) is 2.25. The van der Waals surface area contributed by atoms with Crippen molar-refractivity contribution in [2.75, 3.05) is 31.1 Å². The lowest BCUT2D eigenvalue weighted by atomic mass is 10.1. The topological polar surface area (TPSA) is 70.1 Å². The number of fused-ring (bicyclic) bond motifs is 2. The Morgan fingerprint density at radius 1 is 1.23 bits per heavy atom. The molecule has 0 atom stereocenters. The van der Waals surface area contributed by atoms with Gasteiger partial charge < -0.3 is 14.8 Å². The molecule has 26 heavy (non-hydrogen) atoms. The van der Waals surface area contributed by atoms with Gasteiger partial charge in [0.05, 0.1) is 21.6 Å². The quantitative estimate of drug-likeness (QED) is 0.700. The summed E-state index contributed by atoms with van der Waals surface area (Å²) in [7, 11) is 0. The van der Waals surface area contributed by atoms with Gasteiger partial charge in [0, 0.05) is 32.2 Å². The minimum absolute atomic E-state index is 0.0970. The van der Waals surface area contributed by atoms with Gasteiger partial charge in [0.1, 0.15) is 16.0 Å². The zero-order chi connectivity index (χ0) is 18.0. The Kier molecular flexibility index (Phi) is 3.63. The summed E-state index contributed by atoms with van der Waals surface area (Å²) in [6.07, 6.45) is 1.91. The number of hydrogen-bond acceptors (Lipinski definition) is 5. The summed E-state index contributed by atoms with van der Waals surface area (Å²) in [6.45, 7) is 2.80. The number of hydrogen-bond donors (Lipinski definition) is 2. The van der Waals surface area contributed by atoms with Crippen LogP contribution in [-0.2, 0) is 0 Å². The highest BCUT2D eigenvalue weighted by Gasteiger charge is 2.31. The van der Waals surface area contributed by atoms with Gasteiger partial charge >= 0.3 is 0 Å². The average Bonchev–Trinajstić information content (AvgIpc) is 3.39. The maximum Gasteiger partial charge on any atom is 0.271 e. The van der Waals surface area contributed by atoms with Crippen molar-refractivity contribution in [2.24, 2.45) is 0 Å². The molecule has 1 aliphatic carbocycles. The zero-order valence-corrected chi connectivity index (χ0v) is 15.3. The molecule has 2 aromatic heterocycles. The van der Waals surface area contributed by atoms with Gasteiger partial charge in [0.25, 0.3) is 5.56 Å². The molecule has 5 rings (SSSR count). The number of halogens is 2. The van der Waals surface area contributed by atoms with Gasteiger partial charge in [0.15, 0.2) is 0 Å². The number of pyridine rings is 1. The molecule has 0 radical (unpaired) electrons. The van der Waals surface area contributed by atoms with Crippen LogP contribution in [0.15, 0.2) is 15.7 Å². The molecule has 1 aromatic carbocycles. The third-order valence-corrected chi connectivity index (χ3v) is 6.37. The molecule has 9 heteroatoms. The summed E-state index contributed by atoms with van der Waals surface area (Å²) in [5, 5.41) is 3.77. The Morgan fingerprint density at radius 3 is 2.65 bits per heavy atom. The maximum atomic E-state index is 14.9. The van der Waals surface area contributed by atoms with Crippen molar-refractivity contribution < 1.29 is 4.39 Å². The Morgan fingerprint density at radius 2 is 1.96 bits per heavy atom. The van der Waals surface area contributed by atoms with Crippen LogP contribution in [0.25, 0.3) is 21.1 Å². The monoisotopic (exact) mass is 394 g/mol. The minimum Gasteiger partial charge on any atom is -0.365 e. The molecule has 0 amide bonds. The van der Waals surface area contributed by atoms with Crippen LogP contribution in [-0.4, -0.2) is 35.1 Å². The zero-order valence-electron chi connectivity index (χ0n) is 13.8. The van der Waals surface area contributed by atoms with Crippen molar-refractivity contribution in [3.8, 4) is 0 Å². The van der Waals surface area contributed by atoms with Gasteiger partial charge in [-0.25, -0.2) is 4.39 Å². The van der Waals surface area contributed by atoms with Gasteiger partial charge in [-0.2, -0.15) is 0 Å². The van der Waals surface area contributed by atoms with E-state index in [9.17, 15) is 14.0 Å².